The Labute approximate surface area is 149 Å². The van der Waals surface area contributed by atoms with Gasteiger partial charge in [0.15, 0.2) is 0 Å². The second-order valence-electron chi connectivity index (χ2n) is 6.59. The Morgan fingerprint density at radius 3 is 2.32 bits per heavy atom. The van der Waals surface area contributed by atoms with E-state index in [-0.39, 0.29) is 0 Å². The lowest BCUT2D eigenvalue weighted by Gasteiger charge is -2.16. The Bertz CT molecular complexity index is 839. The number of hydrogen-bond acceptors (Lipinski definition) is 3. The van der Waals surface area contributed by atoms with Crippen LogP contribution in [0.2, 0.25) is 0 Å². The molecule has 1 heterocycles. The molecular weight excluding hydrogens is 308 g/mol. The van der Waals surface area contributed by atoms with Crippen LogP contribution in [0.1, 0.15) is 34.2 Å². The van der Waals surface area contributed by atoms with E-state index in [9.17, 15) is 5.11 Å². The molecule has 3 aromatic rings. The van der Waals surface area contributed by atoms with Crippen molar-refractivity contribution in [2.45, 2.75) is 33.5 Å². The van der Waals surface area contributed by atoms with Crippen LogP contribution in [0.5, 0.6) is 0 Å². The number of pyridine rings is 1. The number of hydrogen-bond donors (Lipinski definition) is 2. The van der Waals surface area contributed by atoms with Gasteiger partial charge in [-0.3, -0.25) is 10.3 Å². The number of rotatable bonds is 5. The maximum absolute atomic E-state index is 10.5. The van der Waals surface area contributed by atoms with Crippen LogP contribution in [0.25, 0.3) is 11.1 Å². The van der Waals surface area contributed by atoms with Crippen molar-refractivity contribution < 1.29 is 5.11 Å². The molecule has 0 radical (unpaired) electrons. The number of benzene rings is 2. The summed E-state index contributed by atoms with van der Waals surface area (Å²) in [5.41, 5.74) is 7.56. The smallest absolute Gasteiger partial charge is 0.131 e. The van der Waals surface area contributed by atoms with Crippen molar-refractivity contribution in [2.24, 2.45) is 0 Å². The molecule has 0 amide bonds. The average Bonchev–Trinajstić information content (AvgIpc) is 2.61. The quantitative estimate of drug-likeness (QED) is 0.678. The first-order chi connectivity index (χ1) is 12.0. The summed E-state index contributed by atoms with van der Waals surface area (Å²) in [5, 5.41) is 13.7. The second kappa shape index (κ2) is 7.60. The lowest BCUT2D eigenvalue weighted by atomic mass is 9.99. The molecule has 2 aromatic carbocycles. The Balaban J connectivity index is 1.76. The van der Waals surface area contributed by atoms with E-state index in [4.69, 9.17) is 0 Å². The highest BCUT2D eigenvalue weighted by molar-refractivity contribution is 5.65. The van der Waals surface area contributed by atoms with E-state index in [1.54, 1.807) is 0 Å². The zero-order chi connectivity index (χ0) is 17.8. The molecule has 1 unspecified atom stereocenters. The minimum Gasteiger partial charge on any atom is -0.374 e. The van der Waals surface area contributed by atoms with Crippen LogP contribution in [-0.4, -0.2) is 10.1 Å². The van der Waals surface area contributed by atoms with E-state index in [1.807, 2.05) is 37.4 Å². The van der Waals surface area contributed by atoms with Gasteiger partial charge in [0.1, 0.15) is 6.23 Å². The van der Waals surface area contributed by atoms with E-state index in [0.29, 0.717) is 6.54 Å². The molecule has 3 heteroatoms. The predicted octanol–water partition coefficient (Wildman–Crippen LogP) is 4.45. The number of aromatic nitrogens is 1. The van der Waals surface area contributed by atoms with Crippen LogP contribution < -0.4 is 5.32 Å². The fourth-order valence-electron chi connectivity index (χ4n) is 2.82. The van der Waals surface area contributed by atoms with Gasteiger partial charge in [0.05, 0.1) is 0 Å². The molecule has 0 aliphatic rings. The van der Waals surface area contributed by atoms with E-state index < -0.39 is 6.23 Å². The van der Waals surface area contributed by atoms with Gasteiger partial charge >= 0.3 is 0 Å². The molecule has 0 saturated heterocycles. The van der Waals surface area contributed by atoms with Crippen LogP contribution >= 0.6 is 0 Å². The molecule has 0 aliphatic heterocycles. The highest BCUT2D eigenvalue weighted by Crippen LogP contribution is 2.25. The summed E-state index contributed by atoms with van der Waals surface area (Å²) in [6.07, 6.45) is 1.12. The Morgan fingerprint density at radius 2 is 1.64 bits per heavy atom. The van der Waals surface area contributed by atoms with Gasteiger partial charge in [-0.05, 0) is 55.2 Å². The number of nitrogens with one attached hydrogen (secondary N) is 1. The fraction of sp³-hybridized carbons (Fsp3) is 0.227. The van der Waals surface area contributed by atoms with Gasteiger partial charge < -0.3 is 5.11 Å². The SMILES string of the molecule is Cc1ccc(-c2cc(C)cc(C(O)NCc3ccc(C)nc3)c2)cc1. The molecule has 3 nitrogen and oxygen atoms in total. The summed E-state index contributed by atoms with van der Waals surface area (Å²) in [4.78, 5) is 4.28. The standard InChI is InChI=1S/C22H24N2O/c1-15-4-8-19(9-5-15)20-10-16(2)11-21(12-20)22(25)24-14-18-7-6-17(3)23-13-18/h4-13,22,24-25H,14H2,1-3H3. The Morgan fingerprint density at radius 1 is 0.880 bits per heavy atom. The third-order valence-corrected chi connectivity index (χ3v) is 4.27. The van der Waals surface area contributed by atoms with Crippen LogP contribution in [0, 0.1) is 20.8 Å². The predicted molar refractivity (Wildman–Crippen MR) is 102 cm³/mol. The zero-order valence-electron chi connectivity index (χ0n) is 15.0. The summed E-state index contributed by atoms with van der Waals surface area (Å²) in [6, 6.07) is 18.7. The molecule has 0 spiro atoms. The van der Waals surface area contributed by atoms with Crippen LogP contribution in [-0.2, 0) is 6.54 Å². The molecule has 0 bridgehead atoms. The first-order valence-electron chi connectivity index (χ1n) is 8.53. The summed E-state index contributed by atoms with van der Waals surface area (Å²) >= 11 is 0. The number of nitrogens with zero attached hydrogens (tertiary/aromatic N) is 1. The van der Waals surface area contributed by atoms with Crippen molar-refractivity contribution in [3.63, 3.8) is 0 Å². The minimum atomic E-state index is -0.717. The van der Waals surface area contributed by atoms with Crippen molar-refractivity contribution in [2.75, 3.05) is 0 Å². The van der Waals surface area contributed by atoms with Gasteiger partial charge in [-0.15, -0.1) is 0 Å². The second-order valence-corrected chi connectivity index (χ2v) is 6.59. The van der Waals surface area contributed by atoms with Crippen LogP contribution in [0.4, 0.5) is 0 Å². The van der Waals surface area contributed by atoms with Crippen LogP contribution in [0.15, 0.2) is 60.8 Å². The van der Waals surface area contributed by atoms with E-state index >= 15 is 0 Å². The topological polar surface area (TPSA) is 45.1 Å². The highest BCUT2D eigenvalue weighted by Gasteiger charge is 2.10. The zero-order valence-corrected chi connectivity index (χ0v) is 15.0. The van der Waals surface area contributed by atoms with Crippen LogP contribution in [0.3, 0.4) is 0 Å². The number of aliphatic hydroxyl groups is 1. The summed E-state index contributed by atoms with van der Waals surface area (Å²) < 4.78 is 0. The van der Waals surface area contributed by atoms with Gasteiger partial charge in [0, 0.05) is 18.4 Å². The maximum atomic E-state index is 10.5. The van der Waals surface area contributed by atoms with Gasteiger partial charge in [0.25, 0.3) is 0 Å². The molecular formula is C22H24N2O. The van der Waals surface area contributed by atoms with Gasteiger partial charge in [0.2, 0.25) is 0 Å². The van der Waals surface area contributed by atoms with Crippen molar-refractivity contribution in [3.05, 3.63) is 88.7 Å². The monoisotopic (exact) mass is 332 g/mol. The molecule has 3 rings (SSSR count). The van der Waals surface area contributed by atoms with E-state index in [2.05, 4.69) is 54.5 Å². The first kappa shape index (κ1) is 17.3. The molecule has 2 N–H and O–H groups in total. The average molecular weight is 332 g/mol. The Hall–Kier alpha value is -2.49. The third kappa shape index (κ3) is 4.53. The fourth-order valence-corrected chi connectivity index (χ4v) is 2.82. The summed E-state index contributed by atoms with van der Waals surface area (Å²) in [6.45, 7) is 6.67. The minimum absolute atomic E-state index is 0.572. The number of aliphatic hydroxyl groups excluding tert-OH is 1. The normalized spacial score (nSPS) is 12.2. The molecule has 0 aliphatic carbocycles. The summed E-state index contributed by atoms with van der Waals surface area (Å²) in [5.74, 6) is 0. The lowest BCUT2D eigenvalue weighted by molar-refractivity contribution is 0.137. The first-order valence-corrected chi connectivity index (χ1v) is 8.53. The largest absolute Gasteiger partial charge is 0.374 e. The van der Waals surface area contributed by atoms with Gasteiger partial charge in [-0.2, -0.15) is 0 Å². The van der Waals surface area contributed by atoms with Gasteiger partial charge in [-0.25, -0.2) is 0 Å². The molecule has 128 valence electrons. The number of aryl methyl sites for hydroxylation is 3. The van der Waals surface area contributed by atoms with Crippen molar-refractivity contribution in [1.82, 2.24) is 10.3 Å². The lowest BCUT2D eigenvalue weighted by Crippen LogP contribution is -2.20. The molecule has 1 atom stereocenters. The van der Waals surface area contributed by atoms with E-state index in [1.165, 1.54) is 5.56 Å². The van der Waals surface area contributed by atoms with Crippen molar-refractivity contribution in [3.8, 4) is 11.1 Å². The van der Waals surface area contributed by atoms with Gasteiger partial charge in [-0.1, -0.05) is 53.6 Å². The molecule has 0 fully saturated rings. The van der Waals surface area contributed by atoms with Crippen molar-refractivity contribution in [1.29, 1.82) is 0 Å². The molecule has 25 heavy (non-hydrogen) atoms. The van der Waals surface area contributed by atoms with Crippen molar-refractivity contribution >= 4 is 0 Å². The Kier molecular flexibility index (Phi) is 5.27. The summed E-state index contributed by atoms with van der Waals surface area (Å²) in [7, 11) is 0. The third-order valence-electron chi connectivity index (χ3n) is 4.27. The van der Waals surface area contributed by atoms with E-state index in [0.717, 1.165) is 33.5 Å². The molecule has 0 saturated carbocycles. The highest BCUT2D eigenvalue weighted by atomic mass is 16.3. The molecule has 1 aromatic heterocycles. The maximum Gasteiger partial charge on any atom is 0.131 e.